The molecule has 0 amide bonds. The Morgan fingerprint density at radius 1 is 1.21 bits per heavy atom. The second-order valence-corrected chi connectivity index (χ2v) is 7.94. The summed E-state index contributed by atoms with van der Waals surface area (Å²) >= 11 is 0. The van der Waals surface area contributed by atoms with Gasteiger partial charge in [0.25, 0.3) is 0 Å². The first kappa shape index (κ1) is 23.5. The predicted octanol–water partition coefficient (Wildman–Crippen LogP) is 2.92. The van der Waals surface area contributed by atoms with Crippen LogP contribution in [0.15, 0.2) is 12.7 Å². The summed E-state index contributed by atoms with van der Waals surface area (Å²) in [5.74, 6) is -0.803. The topological polar surface area (TPSA) is 140 Å². The van der Waals surface area contributed by atoms with E-state index in [1.807, 2.05) is 13.8 Å². The summed E-state index contributed by atoms with van der Waals surface area (Å²) in [6.07, 6.45) is 3.25. The molecule has 0 aliphatic rings. The Labute approximate surface area is 141 Å². The fraction of sp³-hybridized carbons (Fsp3) is 0.769. The van der Waals surface area contributed by atoms with E-state index in [0.717, 1.165) is 18.9 Å². The van der Waals surface area contributed by atoms with Crippen LogP contribution in [0.4, 0.5) is 0 Å². The van der Waals surface area contributed by atoms with Crippen LogP contribution in [0, 0.1) is 5.92 Å². The van der Waals surface area contributed by atoms with Crippen LogP contribution in [0.2, 0.25) is 0 Å². The first-order valence-electron chi connectivity index (χ1n) is 7.61. The number of esters is 1. The van der Waals surface area contributed by atoms with Crippen molar-refractivity contribution in [2.45, 2.75) is 52.1 Å². The van der Waals surface area contributed by atoms with Gasteiger partial charge in [0.1, 0.15) is 0 Å². The van der Waals surface area contributed by atoms with E-state index in [2.05, 4.69) is 10.9 Å². The van der Waals surface area contributed by atoms with Gasteiger partial charge in [-0.25, -0.2) is 13.9 Å². The maximum absolute atomic E-state index is 11.8. The molecule has 0 saturated carbocycles. The van der Waals surface area contributed by atoms with Crippen molar-refractivity contribution in [2.75, 3.05) is 6.61 Å². The smallest absolute Gasteiger partial charge is 0.462 e. The number of unbranched alkanes of at least 4 members (excludes halogenated alkanes) is 1. The lowest BCUT2D eigenvalue weighted by Crippen LogP contribution is -2.25. The molecule has 24 heavy (non-hydrogen) atoms. The summed E-state index contributed by atoms with van der Waals surface area (Å²) in [5.41, 5.74) is 0. The molecule has 3 unspecified atom stereocenters. The van der Waals surface area contributed by atoms with Gasteiger partial charge in [0, 0.05) is 12.5 Å². The molecule has 0 aromatic heterocycles. The van der Waals surface area contributed by atoms with Crippen LogP contribution in [0.5, 0.6) is 0 Å². The molecule has 0 radical (unpaired) electrons. The first-order valence-corrected chi connectivity index (χ1v) is 10.6. The van der Waals surface area contributed by atoms with Crippen molar-refractivity contribution in [1.82, 2.24) is 0 Å². The minimum atomic E-state index is -5.19. The Morgan fingerprint density at radius 2 is 1.83 bits per heavy atom. The lowest BCUT2D eigenvalue weighted by Gasteiger charge is -2.27. The van der Waals surface area contributed by atoms with Crippen molar-refractivity contribution in [2.24, 2.45) is 5.92 Å². The normalized spacial score (nSPS) is 16.9. The fourth-order valence-electron chi connectivity index (χ4n) is 2.15. The number of ether oxygens (including phenoxy) is 1. The number of carbonyl (C=O) groups is 1. The Hall–Kier alpha value is -0.530. The molecule has 0 heterocycles. The number of hydrogen-bond acceptors (Lipinski definition) is 6. The molecule has 9 nitrogen and oxygen atoms in total. The van der Waals surface area contributed by atoms with Gasteiger partial charge < -0.3 is 19.4 Å². The minimum absolute atomic E-state index is 0.0802. The van der Waals surface area contributed by atoms with E-state index in [4.69, 9.17) is 19.0 Å². The predicted molar refractivity (Wildman–Crippen MR) is 86.9 cm³/mol. The molecule has 0 aliphatic carbocycles. The Balaban J connectivity index is 5.00. The van der Waals surface area contributed by atoms with Gasteiger partial charge in [0.05, 0.1) is 12.7 Å². The second kappa shape index (κ2) is 11.2. The highest BCUT2D eigenvalue weighted by Gasteiger charge is 2.37. The van der Waals surface area contributed by atoms with Crippen molar-refractivity contribution < 1.29 is 42.2 Å². The molecule has 0 saturated heterocycles. The molecule has 0 rings (SSSR count). The first-order chi connectivity index (χ1) is 11.0. The van der Waals surface area contributed by atoms with E-state index in [-0.39, 0.29) is 18.9 Å². The molecule has 142 valence electrons. The van der Waals surface area contributed by atoms with Crippen LogP contribution in [-0.2, 0) is 27.5 Å². The van der Waals surface area contributed by atoms with Gasteiger partial charge in [0.15, 0.2) is 0 Å². The number of hydrogen-bond donors (Lipinski definition) is 3. The molecule has 0 aliphatic heterocycles. The maximum Gasteiger partial charge on any atom is 0.481 e. The van der Waals surface area contributed by atoms with Crippen molar-refractivity contribution >= 4 is 21.6 Å². The van der Waals surface area contributed by atoms with Gasteiger partial charge in [-0.05, 0) is 12.3 Å². The Kier molecular flexibility index (Phi) is 10.9. The van der Waals surface area contributed by atoms with E-state index in [9.17, 15) is 18.8 Å². The summed E-state index contributed by atoms with van der Waals surface area (Å²) in [7, 11) is -10.2. The molecule has 0 aromatic carbocycles. The zero-order valence-corrected chi connectivity index (χ0v) is 15.7. The highest BCUT2D eigenvalue weighted by atomic mass is 31.3. The zero-order valence-electron chi connectivity index (χ0n) is 13.9. The Bertz CT molecular complexity index is 488. The number of phosphoric acid groups is 2. The highest BCUT2D eigenvalue weighted by molar-refractivity contribution is 7.60. The fourth-order valence-corrected chi connectivity index (χ4v) is 4.00. The molecule has 3 atom stereocenters. The maximum atomic E-state index is 11.8. The van der Waals surface area contributed by atoms with Crippen LogP contribution in [0.1, 0.15) is 46.0 Å². The summed E-state index contributed by atoms with van der Waals surface area (Å²) in [4.78, 5) is 38.0. The van der Waals surface area contributed by atoms with Gasteiger partial charge in [-0.1, -0.05) is 39.7 Å². The lowest BCUT2D eigenvalue weighted by atomic mass is 9.92. The van der Waals surface area contributed by atoms with Crippen LogP contribution < -0.4 is 0 Å². The van der Waals surface area contributed by atoms with Gasteiger partial charge in [-0.2, -0.15) is 4.31 Å². The van der Waals surface area contributed by atoms with Crippen molar-refractivity contribution in [1.29, 1.82) is 0 Å². The van der Waals surface area contributed by atoms with Crippen molar-refractivity contribution in [3.8, 4) is 0 Å². The molecule has 0 fully saturated rings. The van der Waals surface area contributed by atoms with Gasteiger partial charge in [-0.3, -0.25) is 4.52 Å². The van der Waals surface area contributed by atoms with E-state index in [0.29, 0.717) is 12.8 Å². The van der Waals surface area contributed by atoms with Gasteiger partial charge >= 0.3 is 21.6 Å². The van der Waals surface area contributed by atoms with E-state index in [1.54, 1.807) is 0 Å². The van der Waals surface area contributed by atoms with Gasteiger partial charge in [-0.15, -0.1) is 0 Å². The summed E-state index contributed by atoms with van der Waals surface area (Å²) < 4.78 is 36.2. The summed E-state index contributed by atoms with van der Waals surface area (Å²) in [6.45, 7) is 7.01. The number of rotatable bonds is 13. The third-order valence-corrected chi connectivity index (χ3v) is 5.48. The van der Waals surface area contributed by atoms with Crippen LogP contribution in [0.25, 0.3) is 0 Å². The lowest BCUT2D eigenvalue weighted by molar-refractivity contribution is -0.138. The minimum Gasteiger partial charge on any atom is -0.462 e. The summed E-state index contributed by atoms with van der Waals surface area (Å²) in [6, 6.07) is 0. The number of carbonyl (C=O) groups excluding carboxylic acids is 1. The second-order valence-electron chi connectivity index (χ2n) is 5.16. The monoisotopic (exact) mass is 388 g/mol. The molecule has 0 bridgehead atoms. The number of phosphoric ester groups is 1. The van der Waals surface area contributed by atoms with Gasteiger partial charge in [0.2, 0.25) is 0 Å². The van der Waals surface area contributed by atoms with Crippen molar-refractivity contribution in [3.63, 3.8) is 0 Å². The molecule has 0 spiro atoms. The summed E-state index contributed by atoms with van der Waals surface area (Å²) in [5, 5.41) is 0. The standard InChI is InChI=1S/C13H26O9P2/c1-4-7-8-11(5-2)12(9-10-20-13(14)6-3)21-24(18,19)22-23(15,16)17/h6,11-12H,3-5,7-10H2,1-2H3,(H,18,19)(H2,15,16,17). The average Bonchev–Trinajstić information content (AvgIpc) is 2.44. The SMILES string of the molecule is C=CC(=O)OCCC(OP(=O)(O)OP(=O)(O)O)C(CC)CCCC. The molecule has 11 heteroatoms. The van der Waals surface area contributed by atoms with Crippen LogP contribution >= 0.6 is 15.6 Å². The quantitative estimate of drug-likeness (QED) is 0.247. The largest absolute Gasteiger partial charge is 0.481 e. The van der Waals surface area contributed by atoms with Crippen molar-refractivity contribution in [3.05, 3.63) is 12.7 Å². The van der Waals surface area contributed by atoms with E-state index >= 15 is 0 Å². The molecule has 0 aromatic rings. The van der Waals surface area contributed by atoms with Crippen LogP contribution in [-0.4, -0.2) is 33.4 Å². The Morgan fingerprint density at radius 3 is 2.29 bits per heavy atom. The molecular formula is C13H26O9P2. The molecular weight excluding hydrogens is 362 g/mol. The van der Waals surface area contributed by atoms with Crippen LogP contribution in [0.3, 0.4) is 0 Å². The van der Waals surface area contributed by atoms with E-state index in [1.165, 1.54) is 0 Å². The average molecular weight is 388 g/mol. The third-order valence-electron chi connectivity index (χ3n) is 3.27. The highest BCUT2D eigenvalue weighted by Crippen LogP contribution is 2.58. The third kappa shape index (κ3) is 11.1. The van der Waals surface area contributed by atoms with E-state index < -0.39 is 27.7 Å². The molecule has 3 N–H and O–H groups in total. The zero-order chi connectivity index (χ0) is 18.8.